The summed E-state index contributed by atoms with van der Waals surface area (Å²) in [6.45, 7) is 6.19. The standard InChI is InChI=1S/C31H37N3O7/c1-30(2)39-20-25(40-30)23-15-11-21(12-16-23)9-10-22-13-17-24(18-14-22)27(35)34(5)31(3,28(36)32-4)29(37)33-41-26-8-6-7-19-38-26/h11-18,25-26H,6-8,19-20H2,1-5H3,(H,32,36)(H,33,37)/t25-,26?,31+/m1/s1. The number of carbonyl (C=O) groups is 3. The lowest BCUT2D eigenvalue weighted by Gasteiger charge is -2.36. The van der Waals surface area contributed by atoms with Gasteiger partial charge in [0.2, 0.25) is 0 Å². The van der Waals surface area contributed by atoms with E-state index in [0.717, 1.165) is 28.9 Å². The predicted molar refractivity (Wildman–Crippen MR) is 150 cm³/mol. The molecular weight excluding hydrogens is 526 g/mol. The van der Waals surface area contributed by atoms with Crippen molar-refractivity contribution in [1.29, 1.82) is 0 Å². The summed E-state index contributed by atoms with van der Waals surface area (Å²) in [4.78, 5) is 45.7. The third-order valence-corrected chi connectivity index (χ3v) is 7.28. The first kappa shape index (κ1) is 30.2. The first-order valence-corrected chi connectivity index (χ1v) is 13.7. The average Bonchev–Trinajstić information content (AvgIpc) is 3.37. The number of carbonyl (C=O) groups excluding carboxylic acids is 3. The van der Waals surface area contributed by atoms with Gasteiger partial charge in [-0.05, 0) is 75.6 Å². The monoisotopic (exact) mass is 563 g/mol. The molecule has 41 heavy (non-hydrogen) atoms. The maximum Gasteiger partial charge on any atom is 0.279 e. The first-order chi connectivity index (χ1) is 19.5. The van der Waals surface area contributed by atoms with Crippen LogP contribution in [0.1, 0.15) is 73.2 Å². The van der Waals surface area contributed by atoms with E-state index in [1.807, 2.05) is 38.1 Å². The lowest BCUT2D eigenvalue weighted by atomic mass is 9.96. The number of hydroxylamine groups is 1. The molecule has 2 saturated heterocycles. The number of nitrogens with one attached hydrogen (secondary N) is 2. The Balaban J connectivity index is 1.41. The Labute approximate surface area is 240 Å². The lowest BCUT2D eigenvalue weighted by molar-refractivity contribution is -0.204. The molecule has 218 valence electrons. The Morgan fingerprint density at radius 3 is 2.17 bits per heavy atom. The number of rotatable bonds is 7. The predicted octanol–water partition coefficient (Wildman–Crippen LogP) is 3.06. The molecule has 10 nitrogen and oxygen atoms in total. The molecule has 10 heteroatoms. The smallest absolute Gasteiger partial charge is 0.279 e. The topological polar surface area (TPSA) is 115 Å². The molecular formula is C31H37N3O7. The van der Waals surface area contributed by atoms with Crippen LogP contribution in [0.2, 0.25) is 0 Å². The van der Waals surface area contributed by atoms with E-state index in [0.29, 0.717) is 30.8 Å². The van der Waals surface area contributed by atoms with Crippen LogP contribution < -0.4 is 10.8 Å². The fraction of sp³-hybridized carbons (Fsp3) is 0.452. The van der Waals surface area contributed by atoms with Crippen molar-refractivity contribution in [3.05, 3.63) is 70.8 Å². The second kappa shape index (κ2) is 12.8. The molecule has 0 spiro atoms. The van der Waals surface area contributed by atoms with Gasteiger partial charge in [-0.3, -0.25) is 14.4 Å². The highest BCUT2D eigenvalue weighted by molar-refractivity contribution is 6.12. The van der Waals surface area contributed by atoms with Gasteiger partial charge in [0.05, 0.1) is 6.61 Å². The van der Waals surface area contributed by atoms with Crippen LogP contribution in [0.5, 0.6) is 0 Å². The van der Waals surface area contributed by atoms with Crippen LogP contribution in [-0.2, 0) is 28.6 Å². The molecule has 4 rings (SSSR count). The normalized spacial score (nSPS) is 21.1. The molecule has 3 amide bonds. The second-order valence-electron chi connectivity index (χ2n) is 10.6. The van der Waals surface area contributed by atoms with Gasteiger partial charge in [-0.2, -0.15) is 0 Å². The van der Waals surface area contributed by atoms with Crippen molar-refractivity contribution in [1.82, 2.24) is 15.7 Å². The van der Waals surface area contributed by atoms with Gasteiger partial charge >= 0.3 is 0 Å². The molecule has 0 aliphatic carbocycles. The molecule has 1 unspecified atom stereocenters. The Morgan fingerprint density at radius 1 is 1.00 bits per heavy atom. The van der Waals surface area contributed by atoms with Crippen LogP contribution >= 0.6 is 0 Å². The van der Waals surface area contributed by atoms with Crippen molar-refractivity contribution in [2.75, 3.05) is 27.3 Å². The first-order valence-electron chi connectivity index (χ1n) is 13.7. The number of benzene rings is 2. The molecule has 2 heterocycles. The zero-order valence-electron chi connectivity index (χ0n) is 24.1. The van der Waals surface area contributed by atoms with E-state index >= 15 is 0 Å². The van der Waals surface area contributed by atoms with Gasteiger partial charge in [0, 0.05) is 43.8 Å². The van der Waals surface area contributed by atoms with Crippen LogP contribution in [0, 0.1) is 11.8 Å². The molecule has 2 aliphatic heterocycles. The van der Waals surface area contributed by atoms with Crippen molar-refractivity contribution in [3.63, 3.8) is 0 Å². The van der Waals surface area contributed by atoms with Crippen LogP contribution in [0.4, 0.5) is 0 Å². The van der Waals surface area contributed by atoms with Crippen molar-refractivity contribution in [2.24, 2.45) is 0 Å². The summed E-state index contributed by atoms with van der Waals surface area (Å²) in [5.74, 6) is 3.66. The summed E-state index contributed by atoms with van der Waals surface area (Å²) in [5, 5.41) is 2.46. The maximum absolute atomic E-state index is 13.3. The Bertz CT molecular complexity index is 1310. The Morgan fingerprint density at radius 2 is 1.63 bits per heavy atom. The minimum atomic E-state index is -1.88. The number of hydrogen-bond donors (Lipinski definition) is 2. The quantitative estimate of drug-likeness (QED) is 0.302. The third-order valence-electron chi connectivity index (χ3n) is 7.28. The molecule has 2 N–H and O–H groups in total. The fourth-order valence-corrected chi connectivity index (χ4v) is 4.54. The highest BCUT2D eigenvalue weighted by Gasteiger charge is 2.47. The van der Waals surface area contributed by atoms with Gasteiger partial charge in [-0.15, -0.1) is 0 Å². The highest BCUT2D eigenvalue weighted by Crippen LogP contribution is 2.32. The van der Waals surface area contributed by atoms with Crippen LogP contribution in [-0.4, -0.2) is 67.5 Å². The van der Waals surface area contributed by atoms with Crippen molar-refractivity contribution >= 4 is 17.7 Å². The minimum absolute atomic E-state index is 0.106. The van der Waals surface area contributed by atoms with Gasteiger partial charge in [0.15, 0.2) is 17.6 Å². The summed E-state index contributed by atoms with van der Waals surface area (Å²) >= 11 is 0. The van der Waals surface area contributed by atoms with Crippen LogP contribution in [0.25, 0.3) is 0 Å². The van der Waals surface area contributed by atoms with Crippen LogP contribution in [0.15, 0.2) is 48.5 Å². The molecule has 0 aromatic heterocycles. The SMILES string of the molecule is CNC(=O)[C@@](C)(C(=O)NOC1CCCCO1)N(C)C(=O)c1ccc(C#Cc2ccc([C@H]3COC(C)(C)O3)cc2)cc1. The minimum Gasteiger partial charge on any atom is -0.357 e. The average molecular weight is 564 g/mol. The van der Waals surface area contributed by atoms with E-state index in [9.17, 15) is 14.4 Å². The Hall–Kier alpha value is -3.75. The van der Waals surface area contributed by atoms with Gasteiger partial charge < -0.3 is 24.4 Å². The van der Waals surface area contributed by atoms with E-state index in [1.54, 1.807) is 24.3 Å². The maximum atomic E-state index is 13.3. The molecule has 2 aliphatic rings. The van der Waals surface area contributed by atoms with Crippen molar-refractivity contribution < 1.29 is 33.4 Å². The van der Waals surface area contributed by atoms with Crippen molar-refractivity contribution in [3.8, 4) is 11.8 Å². The summed E-state index contributed by atoms with van der Waals surface area (Å²) in [7, 11) is 2.80. The van der Waals surface area contributed by atoms with Crippen LogP contribution in [0.3, 0.4) is 0 Å². The van der Waals surface area contributed by atoms with Crippen molar-refractivity contribution in [2.45, 2.75) is 63.8 Å². The summed E-state index contributed by atoms with van der Waals surface area (Å²) in [6, 6.07) is 14.5. The fourth-order valence-electron chi connectivity index (χ4n) is 4.54. The summed E-state index contributed by atoms with van der Waals surface area (Å²) < 4.78 is 17.0. The molecule has 0 bridgehead atoms. The van der Waals surface area contributed by atoms with Gasteiger partial charge in [-0.1, -0.05) is 24.0 Å². The molecule has 0 radical (unpaired) electrons. The highest BCUT2D eigenvalue weighted by atomic mass is 16.8. The van der Waals surface area contributed by atoms with E-state index < -0.39 is 35.3 Å². The van der Waals surface area contributed by atoms with Gasteiger partial charge in [0.25, 0.3) is 17.7 Å². The van der Waals surface area contributed by atoms with Gasteiger partial charge in [-0.25, -0.2) is 10.3 Å². The molecule has 2 aromatic rings. The number of hydrogen-bond acceptors (Lipinski definition) is 7. The number of likely N-dealkylation sites (N-methyl/N-ethyl adjacent to an activating group) is 2. The second-order valence-corrected chi connectivity index (χ2v) is 10.6. The zero-order chi connectivity index (χ0) is 29.6. The largest absolute Gasteiger partial charge is 0.357 e. The molecule has 2 fully saturated rings. The molecule has 2 aromatic carbocycles. The number of ether oxygens (including phenoxy) is 3. The van der Waals surface area contributed by atoms with E-state index in [-0.39, 0.29) is 6.10 Å². The summed E-state index contributed by atoms with van der Waals surface area (Å²) in [6.07, 6.45) is 1.74. The molecule has 3 atom stereocenters. The summed E-state index contributed by atoms with van der Waals surface area (Å²) in [5.41, 5.74) is 3.29. The van der Waals surface area contributed by atoms with E-state index in [1.165, 1.54) is 21.0 Å². The lowest BCUT2D eigenvalue weighted by Crippen LogP contribution is -2.65. The number of amides is 3. The Kier molecular flexibility index (Phi) is 9.46. The number of nitrogens with zero attached hydrogens (tertiary/aromatic N) is 1. The zero-order valence-corrected chi connectivity index (χ0v) is 24.1. The van der Waals surface area contributed by atoms with E-state index in [4.69, 9.17) is 19.0 Å². The molecule has 0 saturated carbocycles. The van der Waals surface area contributed by atoms with Gasteiger partial charge in [0.1, 0.15) is 6.10 Å². The third kappa shape index (κ3) is 7.13. The van der Waals surface area contributed by atoms with E-state index in [2.05, 4.69) is 22.6 Å².